The third-order valence-corrected chi connectivity index (χ3v) is 5.54. The molecule has 1 aliphatic rings. The largest absolute Gasteiger partial charge is 0.416 e. The summed E-state index contributed by atoms with van der Waals surface area (Å²) in [5.41, 5.74) is 0.130. The topological polar surface area (TPSA) is 94.9 Å². The number of likely N-dealkylation sites (N-methyl/N-ethyl adjacent to an activating group) is 1. The average Bonchev–Trinajstić information content (AvgIpc) is 3.11. The van der Waals surface area contributed by atoms with Gasteiger partial charge in [-0.1, -0.05) is 6.07 Å². The smallest absolute Gasteiger partial charge is 0.394 e. The van der Waals surface area contributed by atoms with Crippen LogP contribution in [-0.4, -0.2) is 77.1 Å². The zero-order chi connectivity index (χ0) is 23.3. The number of ether oxygens (including phenoxy) is 1. The van der Waals surface area contributed by atoms with Crippen LogP contribution in [0.3, 0.4) is 0 Å². The maximum Gasteiger partial charge on any atom is 0.416 e. The van der Waals surface area contributed by atoms with Gasteiger partial charge in [-0.15, -0.1) is 0 Å². The molecular formula is C22H26F3N3O4. The van der Waals surface area contributed by atoms with E-state index in [0.717, 1.165) is 30.0 Å². The lowest BCUT2D eigenvalue weighted by Gasteiger charge is -2.30. The fourth-order valence-corrected chi connectivity index (χ4v) is 3.78. The molecule has 1 aromatic heterocycles. The second-order valence-corrected chi connectivity index (χ2v) is 7.71. The molecule has 3 N–H and O–H groups in total. The van der Waals surface area contributed by atoms with Crippen LogP contribution >= 0.6 is 0 Å². The molecule has 174 valence electrons. The van der Waals surface area contributed by atoms with Gasteiger partial charge in [-0.05, 0) is 43.4 Å². The molecule has 0 bridgehead atoms. The maximum absolute atomic E-state index is 12.7. The molecule has 0 saturated carbocycles. The lowest BCUT2D eigenvalue weighted by molar-refractivity contribution is -0.137. The first-order valence-corrected chi connectivity index (χ1v) is 10.2. The number of hydrogen-bond donors (Lipinski definition) is 3. The quantitative estimate of drug-likeness (QED) is 0.561. The average molecular weight is 453 g/mol. The highest BCUT2D eigenvalue weighted by atomic mass is 19.4. The van der Waals surface area contributed by atoms with Crippen LogP contribution in [0.15, 0.2) is 48.7 Å². The second kappa shape index (κ2) is 10.4. The van der Waals surface area contributed by atoms with Crippen molar-refractivity contribution in [1.29, 1.82) is 0 Å². The van der Waals surface area contributed by atoms with Crippen molar-refractivity contribution in [2.24, 2.45) is 0 Å². The van der Waals surface area contributed by atoms with Gasteiger partial charge in [-0.3, -0.25) is 14.7 Å². The highest BCUT2D eigenvalue weighted by molar-refractivity contribution is 5.94. The molecule has 4 atom stereocenters. The fourth-order valence-electron chi connectivity index (χ4n) is 3.78. The zero-order valence-corrected chi connectivity index (χ0v) is 17.5. The summed E-state index contributed by atoms with van der Waals surface area (Å²) in [7, 11) is 1.81. The number of alkyl halides is 3. The third-order valence-electron chi connectivity index (χ3n) is 5.54. The molecule has 10 heteroatoms. The van der Waals surface area contributed by atoms with E-state index in [1.54, 1.807) is 6.20 Å². The van der Waals surface area contributed by atoms with Crippen LogP contribution in [0.4, 0.5) is 13.2 Å². The molecule has 1 aliphatic heterocycles. The van der Waals surface area contributed by atoms with Crippen molar-refractivity contribution in [2.45, 2.75) is 37.0 Å². The molecule has 0 spiro atoms. The monoisotopic (exact) mass is 453 g/mol. The minimum absolute atomic E-state index is 0.0199. The number of hydrogen-bond acceptors (Lipinski definition) is 6. The van der Waals surface area contributed by atoms with Crippen LogP contribution in [0.25, 0.3) is 0 Å². The standard InChI is InChI=1S/C22H26F3N3O4/c1-28(11-9-16-4-2-3-10-26-16)19-17(32-18(13-29)20(19)30)12-27-21(31)14-5-7-15(8-6-14)22(23,24)25/h2-8,10,17-20,29-30H,9,11-13H2,1H3,(H,27,31)/t17-,18+,19+,20-/m1/s1. The highest BCUT2D eigenvalue weighted by Crippen LogP contribution is 2.29. The number of benzene rings is 1. The molecule has 0 radical (unpaired) electrons. The van der Waals surface area contributed by atoms with E-state index in [4.69, 9.17) is 4.74 Å². The number of aromatic nitrogens is 1. The molecule has 0 unspecified atom stereocenters. The Morgan fingerprint density at radius 3 is 2.50 bits per heavy atom. The predicted octanol–water partition coefficient (Wildman–Crippen LogP) is 1.49. The summed E-state index contributed by atoms with van der Waals surface area (Å²) < 4.78 is 43.8. The van der Waals surface area contributed by atoms with E-state index in [1.165, 1.54) is 0 Å². The summed E-state index contributed by atoms with van der Waals surface area (Å²) in [5, 5.41) is 22.8. The second-order valence-electron chi connectivity index (χ2n) is 7.71. The van der Waals surface area contributed by atoms with Crippen molar-refractivity contribution in [3.05, 3.63) is 65.5 Å². The van der Waals surface area contributed by atoms with E-state index in [9.17, 15) is 28.2 Å². The SMILES string of the molecule is CN(CCc1ccccn1)[C@@H]1[C@H](O)[C@H](CO)O[C@@H]1CNC(=O)c1ccc(C(F)(F)F)cc1. The summed E-state index contributed by atoms with van der Waals surface area (Å²) in [5.74, 6) is -0.556. The Kier molecular flexibility index (Phi) is 7.83. The van der Waals surface area contributed by atoms with Gasteiger partial charge in [-0.25, -0.2) is 0 Å². The minimum Gasteiger partial charge on any atom is -0.394 e. The summed E-state index contributed by atoms with van der Waals surface area (Å²) in [6.07, 6.45) is -4.53. The Hall–Kier alpha value is -2.53. The summed E-state index contributed by atoms with van der Waals surface area (Å²) >= 11 is 0. The Labute approximate surface area is 183 Å². The zero-order valence-electron chi connectivity index (χ0n) is 17.5. The number of carbonyl (C=O) groups excluding carboxylic acids is 1. The molecule has 1 amide bonds. The van der Waals surface area contributed by atoms with Crippen LogP contribution in [0.1, 0.15) is 21.6 Å². The molecule has 7 nitrogen and oxygen atoms in total. The lowest BCUT2D eigenvalue weighted by Crippen LogP contribution is -2.50. The van der Waals surface area contributed by atoms with Crippen LogP contribution < -0.4 is 5.32 Å². The molecule has 0 aliphatic carbocycles. The Morgan fingerprint density at radius 1 is 1.19 bits per heavy atom. The van der Waals surface area contributed by atoms with Gasteiger partial charge in [0.1, 0.15) is 12.2 Å². The molecule has 3 rings (SSSR count). The van der Waals surface area contributed by atoms with E-state index in [1.807, 2.05) is 30.1 Å². The van der Waals surface area contributed by atoms with Gasteiger partial charge in [0, 0.05) is 37.0 Å². The van der Waals surface area contributed by atoms with Crippen LogP contribution in [0.5, 0.6) is 0 Å². The van der Waals surface area contributed by atoms with E-state index in [-0.39, 0.29) is 18.7 Å². The van der Waals surface area contributed by atoms with Gasteiger partial charge in [0.05, 0.1) is 24.3 Å². The Morgan fingerprint density at radius 2 is 1.91 bits per heavy atom. The molecule has 1 aromatic carbocycles. The number of nitrogens with zero attached hydrogens (tertiary/aromatic N) is 2. The van der Waals surface area contributed by atoms with Gasteiger partial charge >= 0.3 is 6.18 Å². The van der Waals surface area contributed by atoms with E-state index in [0.29, 0.717) is 13.0 Å². The first-order valence-electron chi connectivity index (χ1n) is 10.2. The molecule has 1 fully saturated rings. The number of aliphatic hydroxyl groups excluding tert-OH is 2. The Bertz CT molecular complexity index is 880. The minimum atomic E-state index is -4.48. The Balaban J connectivity index is 1.61. The molecule has 32 heavy (non-hydrogen) atoms. The predicted molar refractivity (Wildman–Crippen MR) is 110 cm³/mol. The van der Waals surface area contributed by atoms with Gasteiger partial charge < -0.3 is 20.3 Å². The molecular weight excluding hydrogens is 427 g/mol. The van der Waals surface area contributed by atoms with Crippen molar-refractivity contribution < 1.29 is 32.9 Å². The maximum atomic E-state index is 12.7. The molecule has 2 heterocycles. The first kappa shape index (κ1) is 24.1. The number of pyridine rings is 1. The number of carbonyl (C=O) groups is 1. The third kappa shape index (κ3) is 5.83. The summed E-state index contributed by atoms with van der Waals surface area (Å²) in [6.45, 7) is 0.199. The van der Waals surface area contributed by atoms with Gasteiger partial charge in [0.25, 0.3) is 5.91 Å². The van der Waals surface area contributed by atoms with E-state index < -0.39 is 42.0 Å². The number of amides is 1. The van der Waals surface area contributed by atoms with Gasteiger partial charge in [-0.2, -0.15) is 13.2 Å². The molecule has 1 saturated heterocycles. The van der Waals surface area contributed by atoms with E-state index in [2.05, 4.69) is 10.3 Å². The van der Waals surface area contributed by atoms with Crippen molar-refractivity contribution in [2.75, 3.05) is 26.7 Å². The van der Waals surface area contributed by atoms with Gasteiger partial charge in [0.15, 0.2) is 0 Å². The van der Waals surface area contributed by atoms with Crippen molar-refractivity contribution >= 4 is 5.91 Å². The van der Waals surface area contributed by atoms with Crippen LogP contribution in [0, 0.1) is 0 Å². The van der Waals surface area contributed by atoms with Crippen molar-refractivity contribution in [1.82, 2.24) is 15.2 Å². The van der Waals surface area contributed by atoms with Crippen LogP contribution in [-0.2, 0) is 17.3 Å². The fraction of sp³-hybridized carbons (Fsp3) is 0.455. The summed E-state index contributed by atoms with van der Waals surface area (Å²) in [4.78, 5) is 18.6. The van der Waals surface area contributed by atoms with Crippen molar-refractivity contribution in [3.8, 4) is 0 Å². The van der Waals surface area contributed by atoms with Crippen LogP contribution in [0.2, 0.25) is 0 Å². The number of aliphatic hydroxyl groups is 2. The highest BCUT2D eigenvalue weighted by Gasteiger charge is 2.45. The summed E-state index contributed by atoms with van der Waals surface area (Å²) in [6, 6.07) is 9.02. The number of nitrogens with one attached hydrogen (secondary N) is 1. The van der Waals surface area contributed by atoms with E-state index >= 15 is 0 Å². The van der Waals surface area contributed by atoms with Crippen molar-refractivity contribution in [3.63, 3.8) is 0 Å². The number of rotatable bonds is 8. The first-order chi connectivity index (χ1) is 15.2. The number of halogens is 3. The van der Waals surface area contributed by atoms with Gasteiger partial charge in [0.2, 0.25) is 0 Å². The molecule has 2 aromatic rings. The normalized spacial score (nSPS) is 23.5. The lowest BCUT2D eigenvalue weighted by atomic mass is 10.0.